The van der Waals surface area contributed by atoms with Gasteiger partial charge in [-0.25, -0.2) is 4.79 Å². The summed E-state index contributed by atoms with van der Waals surface area (Å²) < 4.78 is 5.14. The molecule has 1 aliphatic rings. The first kappa shape index (κ1) is 14.6. The summed E-state index contributed by atoms with van der Waals surface area (Å²) in [5, 5.41) is 0. The third-order valence-corrected chi connectivity index (χ3v) is 3.73. The number of nitrogens with zero attached hydrogens (tertiary/aromatic N) is 2. The number of hydrogen-bond donors (Lipinski definition) is 0. The Morgan fingerprint density at radius 3 is 2.30 bits per heavy atom. The molecular weight excluding hydrogens is 288 g/mol. The van der Waals surface area contributed by atoms with Crippen LogP contribution >= 0.6 is 0 Å². The molecule has 0 fully saturated rings. The van der Waals surface area contributed by atoms with Crippen LogP contribution in [0.5, 0.6) is 0 Å². The van der Waals surface area contributed by atoms with Crippen molar-refractivity contribution in [2.45, 2.75) is 6.92 Å². The molecule has 0 aromatic heterocycles. The average Bonchev–Trinajstić information content (AvgIpc) is 2.91. The van der Waals surface area contributed by atoms with Gasteiger partial charge in [0.1, 0.15) is 13.1 Å². The molecule has 0 radical (unpaired) electrons. The van der Waals surface area contributed by atoms with E-state index >= 15 is 0 Å². The summed E-state index contributed by atoms with van der Waals surface area (Å²) in [6, 6.07) is 12.8. The van der Waals surface area contributed by atoms with E-state index in [9.17, 15) is 4.79 Å². The van der Waals surface area contributed by atoms with Crippen molar-refractivity contribution in [1.82, 2.24) is 0 Å². The molecule has 0 saturated carbocycles. The third-order valence-electron chi connectivity index (χ3n) is 3.73. The van der Waals surface area contributed by atoms with Crippen LogP contribution in [0.4, 0.5) is 0 Å². The van der Waals surface area contributed by atoms with Gasteiger partial charge >= 0.3 is 11.8 Å². The molecule has 4 heteroatoms. The molecule has 0 heterocycles. The molecule has 0 atom stereocenters. The Bertz CT molecular complexity index is 911. The lowest BCUT2D eigenvalue weighted by molar-refractivity contribution is 0.0527. The standard InChI is InChI=1S/C19H12N2O2/c1-4-23-19(22)15-11-7-10-14-16(15)12-8-5-6-9-13(12)17(14)18(20-2)21-3/h5-11H,4H2,1H3. The molecule has 0 N–H and O–H groups in total. The van der Waals surface area contributed by atoms with Gasteiger partial charge in [0.15, 0.2) is 0 Å². The Balaban J connectivity index is 2.39. The van der Waals surface area contributed by atoms with E-state index in [2.05, 4.69) is 9.69 Å². The van der Waals surface area contributed by atoms with Gasteiger partial charge in [-0.1, -0.05) is 36.4 Å². The highest BCUT2D eigenvalue weighted by Crippen LogP contribution is 2.47. The minimum absolute atomic E-state index is 0.0113. The van der Waals surface area contributed by atoms with E-state index in [1.165, 1.54) is 0 Å². The first-order chi connectivity index (χ1) is 11.2. The van der Waals surface area contributed by atoms with E-state index in [0.29, 0.717) is 17.7 Å². The Kier molecular flexibility index (Phi) is 3.66. The fourth-order valence-electron chi connectivity index (χ4n) is 2.87. The first-order valence-electron chi connectivity index (χ1n) is 7.12. The van der Waals surface area contributed by atoms with Crippen LogP contribution in [0.2, 0.25) is 0 Å². The van der Waals surface area contributed by atoms with E-state index in [-0.39, 0.29) is 5.82 Å². The SMILES string of the molecule is [C-]#[N+]C([N+]#[C-])=C1c2ccccc2-c2c(C(=O)OCC)cccc21. The maximum absolute atomic E-state index is 12.3. The summed E-state index contributed by atoms with van der Waals surface area (Å²) in [7, 11) is 0. The molecule has 4 nitrogen and oxygen atoms in total. The lowest BCUT2D eigenvalue weighted by atomic mass is 9.99. The highest BCUT2D eigenvalue weighted by molar-refractivity contribution is 6.10. The molecule has 0 unspecified atom stereocenters. The lowest BCUT2D eigenvalue weighted by Crippen LogP contribution is -2.06. The Labute approximate surface area is 134 Å². The normalized spacial score (nSPS) is 11.0. The van der Waals surface area contributed by atoms with Gasteiger partial charge in [-0.3, -0.25) is 0 Å². The van der Waals surface area contributed by atoms with Crippen LogP contribution in [0.3, 0.4) is 0 Å². The molecule has 110 valence electrons. The fourth-order valence-corrected chi connectivity index (χ4v) is 2.87. The number of rotatable bonds is 2. The summed E-state index contributed by atoms with van der Waals surface area (Å²) in [6.45, 7) is 16.6. The van der Waals surface area contributed by atoms with Crippen molar-refractivity contribution >= 4 is 11.5 Å². The molecule has 23 heavy (non-hydrogen) atoms. The van der Waals surface area contributed by atoms with Crippen molar-refractivity contribution in [3.05, 3.63) is 87.8 Å². The van der Waals surface area contributed by atoms with Gasteiger partial charge in [-0.05, 0) is 29.7 Å². The molecule has 0 spiro atoms. The number of fused-ring (bicyclic) bond motifs is 3. The summed E-state index contributed by atoms with van der Waals surface area (Å²) in [4.78, 5) is 19.0. The van der Waals surface area contributed by atoms with Crippen LogP contribution < -0.4 is 0 Å². The van der Waals surface area contributed by atoms with E-state index in [1.807, 2.05) is 30.3 Å². The third kappa shape index (κ3) is 2.18. The van der Waals surface area contributed by atoms with Crippen molar-refractivity contribution in [3.63, 3.8) is 0 Å². The van der Waals surface area contributed by atoms with Gasteiger partial charge in [0.2, 0.25) is 0 Å². The zero-order valence-electron chi connectivity index (χ0n) is 12.5. The number of hydrogen-bond acceptors (Lipinski definition) is 2. The molecular formula is C19H12N2O2. The highest BCUT2D eigenvalue weighted by atomic mass is 16.5. The van der Waals surface area contributed by atoms with E-state index in [0.717, 1.165) is 22.3 Å². The zero-order valence-corrected chi connectivity index (χ0v) is 12.5. The van der Waals surface area contributed by atoms with Crippen molar-refractivity contribution in [2.75, 3.05) is 6.61 Å². The van der Waals surface area contributed by atoms with Gasteiger partial charge in [-0.15, -0.1) is 0 Å². The number of ether oxygens (including phenoxy) is 1. The maximum Gasteiger partial charge on any atom is 0.527 e. The lowest BCUT2D eigenvalue weighted by Gasteiger charge is -2.08. The van der Waals surface area contributed by atoms with E-state index in [1.54, 1.807) is 19.1 Å². The van der Waals surface area contributed by atoms with Crippen LogP contribution in [0.15, 0.2) is 48.3 Å². The minimum atomic E-state index is -0.396. The number of carbonyl (C=O) groups excluding carboxylic acids is 1. The van der Waals surface area contributed by atoms with Gasteiger partial charge < -0.3 is 4.74 Å². The quantitative estimate of drug-likeness (QED) is 0.519. The molecule has 0 saturated heterocycles. The predicted molar refractivity (Wildman–Crippen MR) is 87.1 cm³/mol. The van der Waals surface area contributed by atoms with Crippen molar-refractivity contribution < 1.29 is 9.53 Å². The molecule has 1 aliphatic carbocycles. The molecule has 2 aromatic rings. The van der Waals surface area contributed by atoms with Crippen LogP contribution in [-0.2, 0) is 4.74 Å². The minimum Gasteiger partial charge on any atom is -0.462 e. The van der Waals surface area contributed by atoms with Crippen LogP contribution in [0, 0.1) is 13.1 Å². The van der Waals surface area contributed by atoms with Crippen LogP contribution in [0.1, 0.15) is 28.4 Å². The van der Waals surface area contributed by atoms with Crippen LogP contribution in [0.25, 0.3) is 26.4 Å². The summed E-state index contributed by atoms with van der Waals surface area (Å²) in [5.74, 6) is -0.384. The Morgan fingerprint density at radius 2 is 1.65 bits per heavy atom. The second-order valence-corrected chi connectivity index (χ2v) is 4.92. The monoisotopic (exact) mass is 300 g/mol. The maximum atomic E-state index is 12.3. The predicted octanol–water partition coefficient (Wildman–Crippen LogP) is 4.40. The van der Waals surface area contributed by atoms with Gasteiger partial charge in [0.05, 0.1) is 17.7 Å². The zero-order chi connectivity index (χ0) is 16.4. The van der Waals surface area contributed by atoms with Crippen LogP contribution in [-0.4, -0.2) is 12.6 Å². The second kappa shape index (κ2) is 5.79. The van der Waals surface area contributed by atoms with Crippen molar-refractivity contribution in [2.24, 2.45) is 0 Å². The molecule has 0 bridgehead atoms. The topological polar surface area (TPSA) is 35.0 Å². The van der Waals surface area contributed by atoms with Crippen molar-refractivity contribution in [3.8, 4) is 11.1 Å². The first-order valence-corrected chi connectivity index (χ1v) is 7.12. The van der Waals surface area contributed by atoms with E-state index < -0.39 is 5.97 Å². The highest BCUT2D eigenvalue weighted by Gasteiger charge is 2.33. The van der Waals surface area contributed by atoms with Gasteiger partial charge in [0.25, 0.3) is 0 Å². The van der Waals surface area contributed by atoms with Crippen molar-refractivity contribution in [1.29, 1.82) is 0 Å². The molecule has 2 aromatic carbocycles. The smallest absolute Gasteiger partial charge is 0.462 e. The summed E-state index contributed by atoms with van der Waals surface area (Å²) in [6.07, 6.45) is 0. The number of esters is 1. The fraction of sp³-hybridized carbons (Fsp3) is 0.105. The van der Waals surface area contributed by atoms with Gasteiger partial charge in [-0.2, -0.15) is 9.69 Å². The molecule has 0 aliphatic heterocycles. The van der Waals surface area contributed by atoms with E-state index in [4.69, 9.17) is 17.9 Å². The summed E-state index contributed by atoms with van der Waals surface area (Å²) in [5.41, 5.74) is 4.18. The summed E-state index contributed by atoms with van der Waals surface area (Å²) >= 11 is 0. The Morgan fingerprint density at radius 1 is 1.00 bits per heavy atom. The molecule has 0 amide bonds. The number of carbonyl (C=O) groups is 1. The Hall–Kier alpha value is -3.37. The largest absolute Gasteiger partial charge is 0.527 e. The second-order valence-electron chi connectivity index (χ2n) is 4.92. The average molecular weight is 300 g/mol. The molecule has 3 rings (SSSR count). The van der Waals surface area contributed by atoms with Gasteiger partial charge in [0, 0.05) is 5.56 Å². The number of benzene rings is 2.